The molecule has 0 spiro atoms. The van der Waals surface area contributed by atoms with Crippen molar-refractivity contribution in [2.75, 3.05) is 19.0 Å². The van der Waals surface area contributed by atoms with Gasteiger partial charge in [-0.1, -0.05) is 30.3 Å². The normalized spacial score (nSPS) is 20.6. The quantitative estimate of drug-likeness (QED) is 0.878. The lowest BCUT2D eigenvalue weighted by molar-refractivity contribution is -0.160. The lowest BCUT2D eigenvalue weighted by Gasteiger charge is -2.38. The minimum atomic E-state index is -4.42. The number of anilines is 1. The molecule has 1 aliphatic rings. The van der Waals surface area contributed by atoms with Crippen LogP contribution in [-0.4, -0.2) is 52.4 Å². The van der Waals surface area contributed by atoms with Crippen molar-refractivity contribution in [1.82, 2.24) is 14.7 Å². The van der Waals surface area contributed by atoms with Gasteiger partial charge < -0.3 is 15.0 Å². The van der Waals surface area contributed by atoms with Crippen LogP contribution in [0.15, 0.2) is 42.7 Å². The van der Waals surface area contributed by atoms with E-state index < -0.39 is 30.8 Å². The zero-order valence-electron chi connectivity index (χ0n) is 14.3. The maximum absolute atomic E-state index is 12.7. The van der Waals surface area contributed by atoms with Crippen LogP contribution in [0.1, 0.15) is 11.6 Å². The Morgan fingerprint density at radius 3 is 2.70 bits per heavy atom. The standard InChI is InChI=1S/C17H17F3N4O3/c1-23-13(25)9-27-15(14(23)11-5-3-2-4-6-11)16(26)22-12-7-21-24(8-12)10-17(18,19)20/h2-8,14-15H,9-10H2,1H3,(H,22,26). The van der Waals surface area contributed by atoms with Gasteiger partial charge in [0, 0.05) is 13.2 Å². The molecule has 27 heavy (non-hydrogen) atoms. The van der Waals surface area contributed by atoms with Gasteiger partial charge in [0.15, 0.2) is 6.10 Å². The molecule has 1 aliphatic heterocycles. The predicted molar refractivity (Wildman–Crippen MR) is 88.6 cm³/mol. The van der Waals surface area contributed by atoms with Crippen molar-refractivity contribution in [3.8, 4) is 0 Å². The summed E-state index contributed by atoms with van der Waals surface area (Å²) in [6.07, 6.45) is -3.22. The van der Waals surface area contributed by atoms with Crippen LogP contribution in [0.4, 0.5) is 18.9 Å². The summed E-state index contributed by atoms with van der Waals surface area (Å²) >= 11 is 0. The number of benzene rings is 1. The number of aromatic nitrogens is 2. The number of carbonyl (C=O) groups is 2. The van der Waals surface area contributed by atoms with E-state index in [9.17, 15) is 22.8 Å². The third-order valence-corrected chi connectivity index (χ3v) is 4.13. The summed E-state index contributed by atoms with van der Waals surface area (Å²) in [5.74, 6) is -0.847. The Morgan fingerprint density at radius 2 is 2.04 bits per heavy atom. The molecule has 2 amide bonds. The van der Waals surface area contributed by atoms with Crippen molar-refractivity contribution in [3.05, 3.63) is 48.3 Å². The van der Waals surface area contributed by atoms with Crippen molar-refractivity contribution in [1.29, 1.82) is 0 Å². The van der Waals surface area contributed by atoms with Gasteiger partial charge in [0.05, 0.1) is 17.9 Å². The van der Waals surface area contributed by atoms with E-state index in [1.54, 1.807) is 37.4 Å². The maximum atomic E-state index is 12.7. The molecule has 1 fully saturated rings. The molecule has 0 aliphatic carbocycles. The minimum absolute atomic E-state index is 0.110. The van der Waals surface area contributed by atoms with Crippen molar-refractivity contribution in [2.45, 2.75) is 24.9 Å². The number of rotatable bonds is 4. The number of alkyl halides is 3. The number of likely N-dealkylation sites (N-methyl/N-ethyl adjacent to an activating group) is 1. The highest BCUT2D eigenvalue weighted by atomic mass is 19.4. The number of amides is 2. The number of ether oxygens (including phenoxy) is 1. The Morgan fingerprint density at radius 1 is 1.33 bits per heavy atom. The largest absolute Gasteiger partial charge is 0.408 e. The smallest absolute Gasteiger partial charge is 0.356 e. The summed E-state index contributed by atoms with van der Waals surface area (Å²) in [6, 6.07) is 8.24. The number of nitrogens with zero attached hydrogens (tertiary/aromatic N) is 3. The number of carbonyl (C=O) groups excluding carboxylic acids is 2. The molecule has 0 bridgehead atoms. The summed E-state index contributed by atoms with van der Waals surface area (Å²) < 4.78 is 43.4. The third kappa shape index (κ3) is 4.45. The van der Waals surface area contributed by atoms with Gasteiger partial charge in [-0.15, -0.1) is 0 Å². The summed E-state index contributed by atoms with van der Waals surface area (Å²) in [6.45, 7) is -1.52. The Balaban J connectivity index is 1.77. The average molecular weight is 382 g/mol. The third-order valence-electron chi connectivity index (χ3n) is 4.13. The van der Waals surface area contributed by atoms with Crippen molar-refractivity contribution < 1.29 is 27.5 Å². The molecule has 1 aromatic heterocycles. The van der Waals surface area contributed by atoms with Crippen LogP contribution in [0.5, 0.6) is 0 Å². The molecule has 2 aromatic rings. The molecule has 1 N–H and O–H groups in total. The molecule has 2 atom stereocenters. The Bertz CT molecular complexity index is 822. The number of morpholine rings is 1. The van der Waals surface area contributed by atoms with Gasteiger partial charge in [0.25, 0.3) is 5.91 Å². The molecule has 0 radical (unpaired) electrons. The lowest BCUT2D eigenvalue weighted by atomic mass is 9.97. The number of hydrogen-bond donors (Lipinski definition) is 1. The Labute approximate surface area is 152 Å². The fourth-order valence-corrected chi connectivity index (χ4v) is 2.89. The van der Waals surface area contributed by atoms with Gasteiger partial charge in [-0.25, -0.2) is 0 Å². The molecule has 2 heterocycles. The Hall–Kier alpha value is -2.88. The Kier molecular flexibility index (Phi) is 5.17. The van der Waals surface area contributed by atoms with Gasteiger partial charge >= 0.3 is 6.18 Å². The second-order valence-electron chi connectivity index (χ2n) is 6.12. The highest BCUT2D eigenvalue weighted by Crippen LogP contribution is 2.29. The summed E-state index contributed by atoms with van der Waals surface area (Å²) in [5, 5.41) is 6.08. The molecule has 1 aromatic carbocycles. The molecule has 7 nitrogen and oxygen atoms in total. The highest BCUT2D eigenvalue weighted by molar-refractivity contribution is 5.96. The van der Waals surface area contributed by atoms with Gasteiger partial charge in [0.1, 0.15) is 13.2 Å². The van der Waals surface area contributed by atoms with E-state index in [1.165, 1.54) is 4.90 Å². The molecule has 144 valence electrons. The van der Waals surface area contributed by atoms with Gasteiger partial charge in [-0.2, -0.15) is 18.3 Å². The maximum Gasteiger partial charge on any atom is 0.408 e. The van der Waals surface area contributed by atoms with Gasteiger partial charge in [-0.3, -0.25) is 14.3 Å². The van der Waals surface area contributed by atoms with Crippen LogP contribution < -0.4 is 5.32 Å². The molecule has 10 heteroatoms. The van der Waals surface area contributed by atoms with Crippen LogP contribution in [0.3, 0.4) is 0 Å². The lowest BCUT2D eigenvalue weighted by Crippen LogP contribution is -2.51. The molecule has 0 saturated carbocycles. The minimum Gasteiger partial charge on any atom is -0.356 e. The zero-order chi connectivity index (χ0) is 19.6. The second-order valence-corrected chi connectivity index (χ2v) is 6.12. The van der Waals surface area contributed by atoms with Crippen LogP contribution >= 0.6 is 0 Å². The number of hydrogen-bond acceptors (Lipinski definition) is 4. The molecular formula is C17H17F3N4O3. The van der Waals surface area contributed by atoms with Crippen LogP contribution in [0.25, 0.3) is 0 Å². The number of halogens is 3. The van der Waals surface area contributed by atoms with E-state index in [0.29, 0.717) is 10.2 Å². The summed E-state index contributed by atoms with van der Waals surface area (Å²) in [5.41, 5.74) is 0.820. The first-order valence-electron chi connectivity index (χ1n) is 8.07. The second kappa shape index (κ2) is 7.39. The first-order valence-corrected chi connectivity index (χ1v) is 8.07. The van der Waals surface area contributed by atoms with E-state index in [0.717, 1.165) is 12.4 Å². The fraction of sp³-hybridized carbons (Fsp3) is 0.353. The molecule has 2 unspecified atom stereocenters. The van der Waals surface area contributed by atoms with E-state index in [2.05, 4.69) is 10.4 Å². The van der Waals surface area contributed by atoms with Gasteiger partial charge in [0.2, 0.25) is 5.91 Å². The molecular weight excluding hydrogens is 365 g/mol. The van der Waals surface area contributed by atoms with E-state index in [-0.39, 0.29) is 18.2 Å². The number of nitrogens with one attached hydrogen (secondary N) is 1. The summed E-state index contributed by atoms with van der Waals surface area (Å²) in [7, 11) is 1.57. The zero-order valence-corrected chi connectivity index (χ0v) is 14.3. The highest BCUT2D eigenvalue weighted by Gasteiger charge is 2.40. The monoisotopic (exact) mass is 382 g/mol. The van der Waals surface area contributed by atoms with Crippen LogP contribution in [0, 0.1) is 0 Å². The van der Waals surface area contributed by atoms with E-state index >= 15 is 0 Å². The predicted octanol–water partition coefficient (Wildman–Crippen LogP) is 1.98. The molecule has 1 saturated heterocycles. The van der Waals surface area contributed by atoms with Crippen molar-refractivity contribution in [2.24, 2.45) is 0 Å². The molecule has 3 rings (SSSR count). The SMILES string of the molecule is CN1C(=O)COC(C(=O)Nc2cnn(CC(F)(F)F)c2)C1c1ccccc1. The first-order chi connectivity index (χ1) is 12.7. The van der Waals surface area contributed by atoms with Gasteiger partial charge in [-0.05, 0) is 5.56 Å². The summed E-state index contributed by atoms with van der Waals surface area (Å²) in [4.78, 5) is 26.1. The van der Waals surface area contributed by atoms with Crippen molar-refractivity contribution in [3.63, 3.8) is 0 Å². The topological polar surface area (TPSA) is 76.5 Å². The fourth-order valence-electron chi connectivity index (χ4n) is 2.89. The van der Waals surface area contributed by atoms with E-state index in [1.807, 2.05) is 0 Å². The average Bonchev–Trinajstić information content (AvgIpc) is 3.02. The first kappa shape index (κ1) is 18.9. The van der Waals surface area contributed by atoms with E-state index in [4.69, 9.17) is 4.74 Å². The van der Waals surface area contributed by atoms with Crippen molar-refractivity contribution >= 4 is 17.5 Å². The van der Waals surface area contributed by atoms with Crippen LogP contribution in [-0.2, 0) is 20.9 Å². The van der Waals surface area contributed by atoms with Crippen LogP contribution in [0.2, 0.25) is 0 Å².